The molecule has 1 atom stereocenters. The van der Waals surface area contributed by atoms with Crippen LogP contribution in [0.3, 0.4) is 0 Å². The number of amides is 1. The van der Waals surface area contributed by atoms with E-state index in [0.717, 1.165) is 0 Å². The smallest absolute Gasteiger partial charge is 0.280 e. The van der Waals surface area contributed by atoms with Crippen molar-refractivity contribution in [3.63, 3.8) is 0 Å². The molecule has 0 aliphatic carbocycles. The van der Waals surface area contributed by atoms with Crippen LogP contribution in [0.25, 0.3) is 5.57 Å². The third-order valence-corrected chi connectivity index (χ3v) is 4.36. The number of nitrogens with zero attached hydrogens (tertiary/aromatic N) is 5. The number of H-pyrrole nitrogens is 2. The number of nitriles is 1. The zero-order valence-corrected chi connectivity index (χ0v) is 14.7. The highest BCUT2D eigenvalue weighted by Gasteiger charge is 2.36. The number of amidine groups is 2. The van der Waals surface area contributed by atoms with E-state index in [1.165, 1.54) is 0 Å². The van der Waals surface area contributed by atoms with E-state index in [9.17, 15) is 9.59 Å². The highest BCUT2D eigenvalue weighted by atomic mass is 35.5. The molecular weight excluding hydrogens is 386 g/mol. The van der Waals surface area contributed by atoms with Crippen LogP contribution >= 0.6 is 11.6 Å². The lowest BCUT2D eigenvalue weighted by Crippen LogP contribution is -2.44. The van der Waals surface area contributed by atoms with E-state index in [-0.39, 0.29) is 11.4 Å². The molecule has 0 saturated carbocycles. The fraction of sp³-hybridized carbons (Fsp3) is 0.0625. The number of hydrogen-bond donors (Lipinski definition) is 4. The second-order valence-electron chi connectivity index (χ2n) is 5.76. The van der Waals surface area contributed by atoms with Crippen LogP contribution in [0.1, 0.15) is 5.56 Å². The van der Waals surface area contributed by atoms with Crippen LogP contribution < -0.4 is 27.4 Å². The Kier molecular flexibility index (Phi) is 4.10. The number of aromatic amines is 2. The predicted molar refractivity (Wildman–Crippen MR) is 99.9 cm³/mol. The maximum absolute atomic E-state index is 12.4. The average Bonchev–Trinajstić information content (AvgIpc) is 3.25. The van der Waals surface area contributed by atoms with Crippen molar-refractivity contribution in [1.29, 1.82) is 5.26 Å². The van der Waals surface area contributed by atoms with Crippen molar-refractivity contribution in [3.8, 4) is 6.07 Å². The lowest BCUT2D eigenvalue weighted by atomic mass is 9.88. The first-order valence-corrected chi connectivity index (χ1v) is 8.22. The van der Waals surface area contributed by atoms with Gasteiger partial charge in [-0.2, -0.15) is 10.4 Å². The van der Waals surface area contributed by atoms with Gasteiger partial charge in [0.05, 0.1) is 5.22 Å². The monoisotopic (exact) mass is 395 g/mol. The maximum atomic E-state index is 12.4. The van der Waals surface area contributed by atoms with Crippen LogP contribution in [0.15, 0.2) is 49.4 Å². The van der Waals surface area contributed by atoms with Crippen molar-refractivity contribution in [2.45, 2.75) is 0 Å². The van der Waals surface area contributed by atoms with Crippen LogP contribution in [0.5, 0.6) is 0 Å². The summed E-state index contributed by atoms with van der Waals surface area (Å²) in [6.45, 7) is 0. The molecular formula is C16H10ClN9O2. The number of fused-ring (bicyclic) bond motifs is 2. The van der Waals surface area contributed by atoms with Crippen molar-refractivity contribution in [2.75, 3.05) is 0 Å². The van der Waals surface area contributed by atoms with E-state index in [0.29, 0.717) is 32.7 Å². The number of carbonyl (C=O) groups is 1. The Morgan fingerprint density at radius 2 is 2.04 bits per heavy atom. The second-order valence-corrected chi connectivity index (χ2v) is 6.20. The van der Waals surface area contributed by atoms with Gasteiger partial charge in [-0.05, 0) is 23.3 Å². The predicted octanol–water partition coefficient (Wildman–Crippen LogP) is -1.52. The van der Waals surface area contributed by atoms with Crippen molar-refractivity contribution < 1.29 is 4.79 Å². The molecule has 5 N–H and O–H groups in total. The number of nitrogens with two attached hydrogens (primary N) is 1. The molecule has 4 rings (SSSR count). The molecule has 1 amide bonds. The van der Waals surface area contributed by atoms with Gasteiger partial charge in [-0.1, -0.05) is 23.7 Å². The number of nitrogens with one attached hydrogen (secondary N) is 3. The standard InChI is InChI=1S/C16H10ClN9O2/c17-7-3-1-6(2-4-7)9-10-13(20-14-11(9)16(28)26-23-14)22-25-15(10)24-21-8(5-18)12(19)27/h1-4,10H,(H2,19,27)(H,24,25)(H,26,28)(H,20,22,23)/b21-8+. The van der Waals surface area contributed by atoms with Crippen LogP contribution in [-0.4, -0.2) is 33.5 Å². The van der Waals surface area contributed by atoms with Gasteiger partial charge < -0.3 is 5.73 Å². The average molecular weight is 396 g/mol. The molecule has 0 fully saturated rings. The summed E-state index contributed by atoms with van der Waals surface area (Å²) >= 11 is 5.98. The molecule has 2 aliphatic rings. The second kappa shape index (κ2) is 6.60. The van der Waals surface area contributed by atoms with Gasteiger partial charge >= 0.3 is 0 Å². The third-order valence-electron chi connectivity index (χ3n) is 4.11. The zero-order valence-electron chi connectivity index (χ0n) is 13.9. The van der Waals surface area contributed by atoms with Crippen LogP contribution in [0.4, 0.5) is 0 Å². The Bertz CT molecular complexity index is 1310. The molecule has 1 aromatic heterocycles. The van der Waals surface area contributed by atoms with E-state index in [1.54, 1.807) is 30.3 Å². The molecule has 2 aromatic rings. The maximum Gasteiger partial charge on any atom is 0.280 e. The van der Waals surface area contributed by atoms with Gasteiger partial charge in [0.25, 0.3) is 11.5 Å². The molecule has 0 radical (unpaired) electrons. The molecule has 0 spiro atoms. The Morgan fingerprint density at radius 3 is 2.71 bits per heavy atom. The Labute approximate surface area is 160 Å². The van der Waals surface area contributed by atoms with Gasteiger partial charge in [0.2, 0.25) is 5.71 Å². The van der Waals surface area contributed by atoms with E-state index < -0.39 is 17.5 Å². The normalized spacial score (nSPS) is 19.2. The van der Waals surface area contributed by atoms with Crippen molar-refractivity contribution in [2.24, 2.45) is 31.9 Å². The molecule has 12 heteroatoms. The van der Waals surface area contributed by atoms with Gasteiger partial charge in [-0.25, -0.2) is 4.99 Å². The number of rotatable bonds is 3. The van der Waals surface area contributed by atoms with Crippen molar-refractivity contribution in [3.05, 3.63) is 55.9 Å². The van der Waals surface area contributed by atoms with Gasteiger partial charge in [0.15, 0.2) is 17.2 Å². The highest BCUT2D eigenvalue weighted by Crippen LogP contribution is 2.28. The topological polar surface area (TPSA) is 177 Å². The van der Waals surface area contributed by atoms with Gasteiger partial charge in [-0.15, -0.1) is 10.2 Å². The lowest BCUT2D eigenvalue weighted by molar-refractivity contribution is -0.111. The number of halogens is 1. The van der Waals surface area contributed by atoms with Crippen molar-refractivity contribution in [1.82, 2.24) is 15.6 Å². The fourth-order valence-electron chi connectivity index (χ4n) is 2.91. The van der Waals surface area contributed by atoms with Crippen molar-refractivity contribution >= 4 is 40.5 Å². The number of primary amides is 1. The number of hydrazone groups is 1. The Balaban J connectivity index is 1.95. The molecule has 0 saturated heterocycles. The minimum atomic E-state index is -1.01. The first-order chi connectivity index (χ1) is 13.5. The van der Waals surface area contributed by atoms with Gasteiger partial charge in [-0.3, -0.25) is 25.2 Å². The van der Waals surface area contributed by atoms with Crippen LogP contribution in [-0.2, 0) is 4.79 Å². The first kappa shape index (κ1) is 17.4. The number of aromatic nitrogens is 2. The van der Waals surface area contributed by atoms with E-state index >= 15 is 0 Å². The summed E-state index contributed by atoms with van der Waals surface area (Å²) in [5, 5.41) is 26.6. The Morgan fingerprint density at radius 1 is 1.29 bits per heavy atom. The number of benzene rings is 1. The molecule has 2 aliphatic heterocycles. The third kappa shape index (κ3) is 2.78. The highest BCUT2D eigenvalue weighted by molar-refractivity contribution is 6.44. The SMILES string of the molecule is N#C/C(=N\N=C1/NN=C2N=c3[nH][nH]c(=O)c3=C(c3ccc(Cl)cc3)C21)C(N)=O. The van der Waals surface area contributed by atoms with Gasteiger partial charge in [0, 0.05) is 5.02 Å². The number of carbonyl (C=O) groups excluding carboxylic acids is 1. The molecule has 138 valence electrons. The number of hydrogen-bond acceptors (Lipinski definition) is 7. The Hall–Kier alpha value is -4.04. The summed E-state index contributed by atoms with van der Waals surface area (Å²) in [4.78, 5) is 27.9. The largest absolute Gasteiger partial charge is 0.364 e. The quantitative estimate of drug-likeness (QED) is 0.364. The summed E-state index contributed by atoms with van der Waals surface area (Å²) < 4.78 is 0. The summed E-state index contributed by atoms with van der Waals surface area (Å²) in [7, 11) is 0. The minimum Gasteiger partial charge on any atom is -0.364 e. The van der Waals surface area contributed by atoms with E-state index in [2.05, 4.69) is 35.9 Å². The van der Waals surface area contributed by atoms with Crippen LogP contribution in [0, 0.1) is 17.2 Å². The molecule has 3 heterocycles. The summed E-state index contributed by atoms with van der Waals surface area (Å²) in [6, 6.07) is 8.44. The molecule has 1 unspecified atom stereocenters. The summed E-state index contributed by atoms with van der Waals surface area (Å²) in [5.41, 5.74) is 8.40. The zero-order chi connectivity index (χ0) is 19.8. The molecule has 0 bridgehead atoms. The first-order valence-electron chi connectivity index (χ1n) is 7.84. The summed E-state index contributed by atoms with van der Waals surface area (Å²) in [5.74, 6) is -1.16. The fourth-order valence-corrected chi connectivity index (χ4v) is 3.04. The van der Waals surface area contributed by atoms with Gasteiger partial charge in [0.1, 0.15) is 12.0 Å². The molecule has 11 nitrogen and oxygen atoms in total. The van der Waals surface area contributed by atoms with E-state index in [4.69, 9.17) is 22.6 Å². The van der Waals surface area contributed by atoms with E-state index in [1.807, 2.05) is 0 Å². The summed E-state index contributed by atoms with van der Waals surface area (Å²) in [6.07, 6.45) is 0. The molecule has 1 aromatic carbocycles. The van der Waals surface area contributed by atoms with Crippen LogP contribution in [0.2, 0.25) is 5.02 Å². The molecule has 28 heavy (non-hydrogen) atoms. The minimum absolute atomic E-state index is 0.184. The lowest BCUT2D eigenvalue weighted by Gasteiger charge is -2.17.